The van der Waals surface area contributed by atoms with Crippen LogP contribution in [0.4, 0.5) is 5.82 Å². The van der Waals surface area contributed by atoms with E-state index in [1.807, 2.05) is 31.2 Å². The summed E-state index contributed by atoms with van der Waals surface area (Å²) >= 11 is 0. The highest BCUT2D eigenvalue weighted by molar-refractivity contribution is 5.96. The second-order valence-electron chi connectivity index (χ2n) is 3.83. The van der Waals surface area contributed by atoms with Crippen LogP contribution in [0.3, 0.4) is 0 Å². The van der Waals surface area contributed by atoms with Gasteiger partial charge in [-0.2, -0.15) is 0 Å². The number of hydrogen-bond donors (Lipinski definition) is 2. The van der Waals surface area contributed by atoms with Crippen molar-refractivity contribution in [3.63, 3.8) is 0 Å². The Morgan fingerprint density at radius 3 is 2.76 bits per heavy atom. The summed E-state index contributed by atoms with van der Waals surface area (Å²) in [6.45, 7) is 1.95. The first-order chi connectivity index (χ1) is 8.08. The molecular weight excluding hydrogens is 216 g/mol. The fourth-order valence-electron chi connectivity index (χ4n) is 1.69. The first-order valence-corrected chi connectivity index (χ1v) is 5.14. The molecule has 2 aromatic rings. The minimum atomic E-state index is -1.00. The lowest BCUT2D eigenvalue weighted by molar-refractivity contribution is 0.0697. The molecule has 0 aliphatic rings. The van der Waals surface area contributed by atoms with Gasteiger partial charge in [-0.25, -0.2) is 9.78 Å². The number of carbonyl (C=O) groups is 1. The number of nitrogens with zero attached hydrogens (tertiary/aromatic N) is 1. The van der Waals surface area contributed by atoms with E-state index >= 15 is 0 Å². The lowest BCUT2D eigenvalue weighted by Gasteiger charge is -2.07. The zero-order valence-corrected chi connectivity index (χ0v) is 9.34. The predicted octanol–water partition coefficient (Wildman–Crippen LogP) is 2.34. The van der Waals surface area contributed by atoms with Crippen molar-refractivity contribution in [2.75, 3.05) is 5.73 Å². The lowest BCUT2D eigenvalue weighted by Crippen LogP contribution is -2.02. The Bertz CT molecular complexity index is 579. The molecule has 0 spiro atoms. The molecule has 0 amide bonds. The molecule has 0 fully saturated rings. The maximum atomic E-state index is 11.1. The van der Waals surface area contributed by atoms with Crippen LogP contribution in [-0.4, -0.2) is 16.1 Å². The number of nitrogens with two attached hydrogens (primary N) is 1. The Hall–Kier alpha value is -2.36. The maximum absolute atomic E-state index is 11.1. The quantitative estimate of drug-likeness (QED) is 0.827. The third-order valence-electron chi connectivity index (χ3n) is 2.48. The van der Waals surface area contributed by atoms with Crippen LogP contribution in [0.25, 0.3) is 11.1 Å². The van der Waals surface area contributed by atoms with E-state index in [-0.39, 0.29) is 11.4 Å². The van der Waals surface area contributed by atoms with Gasteiger partial charge in [0.15, 0.2) is 0 Å². The van der Waals surface area contributed by atoms with Crippen LogP contribution in [0.1, 0.15) is 15.9 Å². The van der Waals surface area contributed by atoms with E-state index in [9.17, 15) is 4.79 Å². The Labute approximate surface area is 98.7 Å². The molecule has 0 radical (unpaired) electrons. The number of carboxylic acid groups (broad SMARTS) is 1. The van der Waals surface area contributed by atoms with Crippen LogP contribution < -0.4 is 5.73 Å². The van der Waals surface area contributed by atoms with Crippen LogP contribution in [0.15, 0.2) is 36.5 Å². The average Bonchev–Trinajstić information content (AvgIpc) is 2.28. The number of benzene rings is 1. The van der Waals surface area contributed by atoms with E-state index in [2.05, 4.69) is 4.98 Å². The molecule has 0 aliphatic heterocycles. The summed E-state index contributed by atoms with van der Waals surface area (Å²) in [4.78, 5) is 15.1. The lowest BCUT2D eigenvalue weighted by atomic mass is 10.0. The normalized spacial score (nSPS) is 10.2. The number of rotatable bonds is 2. The minimum absolute atomic E-state index is 0.170. The molecule has 4 heteroatoms. The van der Waals surface area contributed by atoms with E-state index in [0.717, 1.165) is 11.1 Å². The summed E-state index contributed by atoms with van der Waals surface area (Å²) in [7, 11) is 0. The number of nitrogen functional groups attached to an aromatic ring is 1. The Kier molecular flexibility index (Phi) is 2.78. The van der Waals surface area contributed by atoms with Gasteiger partial charge in [-0.15, -0.1) is 0 Å². The van der Waals surface area contributed by atoms with Gasteiger partial charge in [0.25, 0.3) is 0 Å². The molecule has 2 rings (SSSR count). The molecule has 0 aliphatic carbocycles. The zero-order valence-electron chi connectivity index (χ0n) is 9.34. The van der Waals surface area contributed by atoms with Crippen LogP contribution >= 0.6 is 0 Å². The molecule has 3 N–H and O–H groups in total. The second-order valence-corrected chi connectivity index (χ2v) is 3.83. The van der Waals surface area contributed by atoms with Crippen LogP contribution in [0.2, 0.25) is 0 Å². The molecule has 17 heavy (non-hydrogen) atoms. The van der Waals surface area contributed by atoms with Crippen molar-refractivity contribution in [2.45, 2.75) is 6.92 Å². The second kappa shape index (κ2) is 4.25. The summed E-state index contributed by atoms with van der Waals surface area (Å²) in [5, 5.41) is 9.14. The molecular formula is C13H12N2O2. The monoisotopic (exact) mass is 228 g/mol. The van der Waals surface area contributed by atoms with E-state index in [1.165, 1.54) is 12.3 Å². The fourth-order valence-corrected chi connectivity index (χ4v) is 1.69. The van der Waals surface area contributed by atoms with Crippen LogP contribution in [0.5, 0.6) is 0 Å². The molecule has 0 saturated carbocycles. The van der Waals surface area contributed by atoms with E-state index in [0.29, 0.717) is 5.56 Å². The number of aromatic carboxylic acids is 1. The first-order valence-electron chi connectivity index (χ1n) is 5.14. The van der Waals surface area contributed by atoms with Crippen molar-refractivity contribution in [3.8, 4) is 11.1 Å². The Morgan fingerprint density at radius 2 is 2.12 bits per heavy atom. The van der Waals surface area contributed by atoms with E-state index < -0.39 is 5.97 Å². The molecule has 0 unspecified atom stereocenters. The van der Waals surface area contributed by atoms with Crippen LogP contribution in [-0.2, 0) is 0 Å². The summed E-state index contributed by atoms with van der Waals surface area (Å²) in [5.41, 5.74) is 8.14. The van der Waals surface area contributed by atoms with Crippen LogP contribution in [0, 0.1) is 6.92 Å². The van der Waals surface area contributed by atoms with Crippen molar-refractivity contribution >= 4 is 11.8 Å². The van der Waals surface area contributed by atoms with Gasteiger partial charge in [0.2, 0.25) is 0 Å². The molecule has 0 atom stereocenters. The largest absolute Gasteiger partial charge is 0.478 e. The standard InChI is InChI=1S/C13H12N2O2/c1-8-3-2-4-9(5-8)11-7-15-12(14)6-10(11)13(16)17/h2-7H,1H3,(H2,14,15)(H,16,17). The SMILES string of the molecule is Cc1cccc(-c2cnc(N)cc2C(=O)O)c1. The molecule has 1 aromatic carbocycles. The predicted molar refractivity (Wildman–Crippen MR) is 65.8 cm³/mol. The topological polar surface area (TPSA) is 76.2 Å². The Balaban J connectivity index is 2.63. The Morgan fingerprint density at radius 1 is 1.35 bits per heavy atom. The molecule has 86 valence electrons. The highest BCUT2D eigenvalue weighted by Gasteiger charge is 2.12. The highest BCUT2D eigenvalue weighted by atomic mass is 16.4. The third kappa shape index (κ3) is 2.25. The van der Waals surface area contributed by atoms with Crippen molar-refractivity contribution in [1.29, 1.82) is 0 Å². The van der Waals surface area contributed by atoms with Crippen molar-refractivity contribution in [1.82, 2.24) is 4.98 Å². The molecule has 0 saturated heterocycles. The molecule has 0 bridgehead atoms. The van der Waals surface area contributed by atoms with Gasteiger partial charge in [-0.1, -0.05) is 29.8 Å². The number of carboxylic acids is 1. The maximum Gasteiger partial charge on any atom is 0.336 e. The highest BCUT2D eigenvalue weighted by Crippen LogP contribution is 2.24. The number of aryl methyl sites for hydroxylation is 1. The van der Waals surface area contributed by atoms with Gasteiger partial charge < -0.3 is 10.8 Å². The van der Waals surface area contributed by atoms with Gasteiger partial charge in [0, 0.05) is 11.8 Å². The summed E-state index contributed by atoms with van der Waals surface area (Å²) in [6.07, 6.45) is 1.49. The molecule has 1 heterocycles. The third-order valence-corrected chi connectivity index (χ3v) is 2.48. The zero-order chi connectivity index (χ0) is 12.4. The molecule has 4 nitrogen and oxygen atoms in total. The number of pyridine rings is 1. The minimum Gasteiger partial charge on any atom is -0.478 e. The number of anilines is 1. The van der Waals surface area contributed by atoms with Gasteiger partial charge in [-0.3, -0.25) is 0 Å². The summed E-state index contributed by atoms with van der Waals surface area (Å²) in [6, 6.07) is 8.98. The van der Waals surface area contributed by atoms with E-state index in [1.54, 1.807) is 0 Å². The van der Waals surface area contributed by atoms with Crippen molar-refractivity contribution < 1.29 is 9.90 Å². The molecule has 1 aromatic heterocycles. The van der Waals surface area contributed by atoms with Gasteiger partial charge >= 0.3 is 5.97 Å². The summed E-state index contributed by atoms with van der Waals surface area (Å²) in [5.74, 6) is -0.797. The summed E-state index contributed by atoms with van der Waals surface area (Å²) < 4.78 is 0. The average molecular weight is 228 g/mol. The van der Waals surface area contributed by atoms with Crippen molar-refractivity contribution in [2.24, 2.45) is 0 Å². The van der Waals surface area contributed by atoms with Crippen molar-refractivity contribution in [3.05, 3.63) is 47.7 Å². The number of aromatic nitrogens is 1. The smallest absolute Gasteiger partial charge is 0.336 e. The van der Waals surface area contributed by atoms with Gasteiger partial charge in [-0.05, 0) is 18.6 Å². The first kappa shape index (κ1) is 11.1. The fraction of sp³-hybridized carbons (Fsp3) is 0.0769. The van der Waals surface area contributed by atoms with Gasteiger partial charge in [0.05, 0.1) is 5.56 Å². The van der Waals surface area contributed by atoms with Gasteiger partial charge in [0.1, 0.15) is 5.82 Å². The van der Waals surface area contributed by atoms with E-state index in [4.69, 9.17) is 10.8 Å². The number of hydrogen-bond acceptors (Lipinski definition) is 3.